The topological polar surface area (TPSA) is 67.4 Å². The van der Waals surface area contributed by atoms with Gasteiger partial charge in [0.25, 0.3) is 0 Å². The van der Waals surface area contributed by atoms with Gasteiger partial charge in [-0.05, 0) is 35.9 Å². The van der Waals surface area contributed by atoms with Crippen molar-refractivity contribution in [2.24, 2.45) is 12.0 Å². The van der Waals surface area contributed by atoms with Crippen LogP contribution >= 0.6 is 15.9 Å². The van der Waals surface area contributed by atoms with Crippen LogP contribution in [0.5, 0.6) is 0 Å². The number of furan rings is 1. The highest BCUT2D eigenvalue weighted by Gasteiger charge is 2.03. The van der Waals surface area contributed by atoms with Crippen LogP contribution in [-0.4, -0.2) is 28.8 Å². The minimum Gasteiger partial charge on any atom is -0.469 e. The van der Waals surface area contributed by atoms with Crippen LogP contribution in [0.3, 0.4) is 0 Å². The van der Waals surface area contributed by atoms with Crippen molar-refractivity contribution in [3.8, 4) is 0 Å². The van der Waals surface area contributed by atoms with Crippen LogP contribution in [0.1, 0.15) is 17.0 Å². The number of halogens is 1. The highest BCUT2D eigenvalue weighted by Crippen LogP contribution is 2.11. The van der Waals surface area contributed by atoms with Crippen molar-refractivity contribution >= 4 is 21.9 Å². The zero-order valence-electron chi connectivity index (χ0n) is 15.4. The molecule has 0 fully saturated rings. The molecule has 0 unspecified atom stereocenters. The van der Waals surface area contributed by atoms with Gasteiger partial charge in [0.1, 0.15) is 5.76 Å². The number of hydrogen-bond donors (Lipinski definition) is 2. The van der Waals surface area contributed by atoms with Crippen LogP contribution in [0.4, 0.5) is 0 Å². The number of aryl methyl sites for hydroxylation is 1. The Labute approximate surface area is 167 Å². The first-order valence-corrected chi connectivity index (χ1v) is 9.76. The minimum atomic E-state index is 0.620. The molecule has 3 aromatic rings. The van der Waals surface area contributed by atoms with Crippen LogP contribution in [-0.2, 0) is 26.4 Å². The van der Waals surface area contributed by atoms with Crippen molar-refractivity contribution in [3.63, 3.8) is 0 Å². The fourth-order valence-corrected chi connectivity index (χ4v) is 2.91. The average molecular weight is 430 g/mol. The molecule has 0 spiro atoms. The van der Waals surface area contributed by atoms with Crippen LogP contribution in [0, 0.1) is 0 Å². The summed E-state index contributed by atoms with van der Waals surface area (Å²) in [6, 6.07) is 14.1. The molecule has 1 aromatic carbocycles. The molecule has 0 aliphatic carbocycles. The molecule has 6 nitrogen and oxygen atoms in total. The SMILES string of the molecule is Cn1nccc1CCNC(=NCc1ccc(Br)cc1)NCCc1ccco1. The van der Waals surface area contributed by atoms with E-state index in [0.29, 0.717) is 6.54 Å². The molecule has 0 amide bonds. The van der Waals surface area contributed by atoms with Gasteiger partial charge in [0, 0.05) is 49.3 Å². The Bertz CT molecular complexity index is 840. The molecule has 2 aromatic heterocycles. The Morgan fingerprint density at radius 2 is 1.89 bits per heavy atom. The largest absolute Gasteiger partial charge is 0.469 e. The van der Waals surface area contributed by atoms with Gasteiger partial charge in [-0.3, -0.25) is 4.68 Å². The van der Waals surface area contributed by atoms with Crippen molar-refractivity contribution < 1.29 is 4.42 Å². The van der Waals surface area contributed by atoms with E-state index in [4.69, 9.17) is 9.41 Å². The van der Waals surface area contributed by atoms with Crippen molar-refractivity contribution in [1.82, 2.24) is 20.4 Å². The van der Waals surface area contributed by atoms with E-state index in [1.165, 1.54) is 5.69 Å². The highest BCUT2D eigenvalue weighted by molar-refractivity contribution is 9.10. The molecule has 0 radical (unpaired) electrons. The molecule has 2 N–H and O–H groups in total. The number of nitrogens with zero attached hydrogens (tertiary/aromatic N) is 3. The van der Waals surface area contributed by atoms with Crippen molar-refractivity contribution in [3.05, 3.63) is 76.4 Å². The summed E-state index contributed by atoms with van der Waals surface area (Å²) in [6.07, 6.45) is 5.21. The number of benzene rings is 1. The number of aliphatic imine (C=N–C) groups is 1. The molecule has 3 rings (SSSR count). The van der Waals surface area contributed by atoms with Gasteiger partial charge in [-0.15, -0.1) is 0 Å². The number of rotatable bonds is 8. The quantitative estimate of drug-likeness (QED) is 0.425. The molecule has 0 aliphatic heterocycles. The van der Waals surface area contributed by atoms with E-state index < -0.39 is 0 Å². The van der Waals surface area contributed by atoms with Crippen LogP contribution in [0.25, 0.3) is 0 Å². The second-order valence-corrected chi connectivity index (χ2v) is 7.09. The van der Waals surface area contributed by atoms with Gasteiger partial charge in [0.15, 0.2) is 5.96 Å². The van der Waals surface area contributed by atoms with Crippen molar-refractivity contribution in [1.29, 1.82) is 0 Å². The van der Waals surface area contributed by atoms with E-state index >= 15 is 0 Å². The van der Waals surface area contributed by atoms with E-state index in [9.17, 15) is 0 Å². The van der Waals surface area contributed by atoms with Crippen LogP contribution in [0.2, 0.25) is 0 Å². The first kappa shape index (κ1) is 19.2. The Morgan fingerprint density at radius 1 is 1.11 bits per heavy atom. The summed E-state index contributed by atoms with van der Waals surface area (Å²) in [4.78, 5) is 4.71. The number of aromatic nitrogens is 2. The number of guanidine groups is 1. The summed E-state index contributed by atoms with van der Waals surface area (Å²) in [5.41, 5.74) is 2.35. The summed E-state index contributed by atoms with van der Waals surface area (Å²) < 4.78 is 8.35. The van der Waals surface area contributed by atoms with E-state index in [-0.39, 0.29) is 0 Å². The minimum absolute atomic E-state index is 0.620. The Kier molecular flexibility index (Phi) is 7.10. The summed E-state index contributed by atoms with van der Waals surface area (Å²) in [7, 11) is 1.96. The fraction of sp³-hybridized carbons (Fsp3) is 0.300. The average Bonchev–Trinajstić information content (AvgIpc) is 3.33. The highest BCUT2D eigenvalue weighted by atomic mass is 79.9. The molecular formula is C20H24BrN5O. The van der Waals surface area contributed by atoms with Gasteiger partial charge in [-0.2, -0.15) is 5.10 Å². The Balaban J connectivity index is 1.55. The number of nitrogens with one attached hydrogen (secondary N) is 2. The second kappa shape index (κ2) is 9.97. The van der Waals surface area contributed by atoms with Gasteiger partial charge in [0.2, 0.25) is 0 Å². The van der Waals surface area contributed by atoms with E-state index in [1.54, 1.807) is 6.26 Å². The summed E-state index contributed by atoms with van der Waals surface area (Å²) in [6.45, 7) is 2.16. The monoisotopic (exact) mass is 429 g/mol. The van der Waals surface area contributed by atoms with Gasteiger partial charge in [-0.1, -0.05) is 28.1 Å². The molecule has 0 atom stereocenters. The Morgan fingerprint density at radius 3 is 2.56 bits per heavy atom. The Hall–Kier alpha value is -2.54. The number of hydrogen-bond acceptors (Lipinski definition) is 3. The molecule has 142 valence electrons. The lowest BCUT2D eigenvalue weighted by Gasteiger charge is -2.12. The van der Waals surface area contributed by atoms with Gasteiger partial charge in [0.05, 0.1) is 12.8 Å². The van der Waals surface area contributed by atoms with Crippen molar-refractivity contribution in [2.75, 3.05) is 13.1 Å². The molecule has 7 heteroatoms. The molecule has 0 bridgehead atoms. The fourth-order valence-electron chi connectivity index (χ4n) is 2.65. The lowest BCUT2D eigenvalue weighted by atomic mass is 10.2. The van der Waals surface area contributed by atoms with Gasteiger partial charge >= 0.3 is 0 Å². The third-order valence-electron chi connectivity index (χ3n) is 4.17. The standard InChI is InChI=1S/C20H24BrN5O/c1-26-18(9-13-25-26)8-11-22-20(23-12-10-19-3-2-14-27-19)24-15-16-4-6-17(21)7-5-16/h2-7,9,13-14H,8,10-12,15H2,1H3,(H2,22,23,24). The van der Waals surface area contributed by atoms with Gasteiger partial charge < -0.3 is 15.1 Å². The predicted molar refractivity (Wildman–Crippen MR) is 111 cm³/mol. The normalized spacial score (nSPS) is 11.6. The zero-order chi connectivity index (χ0) is 18.9. The molecule has 0 aliphatic rings. The van der Waals surface area contributed by atoms with Crippen LogP contribution in [0.15, 0.2) is 68.8 Å². The summed E-state index contributed by atoms with van der Waals surface area (Å²) in [5.74, 6) is 1.76. The predicted octanol–water partition coefficient (Wildman–Crippen LogP) is 3.30. The summed E-state index contributed by atoms with van der Waals surface area (Å²) in [5, 5.41) is 11.0. The first-order valence-electron chi connectivity index (χ1n) is 8.96. The smallest absolute Gasteiger partial charge is 0.191 e. The van der Waals surface area contributed by atoms with E-state index in [0.717, 1.165) is 47.7 Å². The first-order chi connectivity index (χ1) is 13.2. The molecule has 2 heterocycles. The van der Waals surface area contributed by atoms with E-state index in [1.807, 2.05) is 48.3 Å². The third kappa shape index (κ3) is 6.29. The maximum Gasteiger partial charge on any atom is 0.191 e. The van der Waals surface area contributed by atoms with Crippen molar-refractivity contribution in [2.45, 2.75) is 19.4 Å². The molecular weight excluding hydrogens is 406 g/mol. The summed E-state index contributed by atoms with van der Waals surface area (Å²) >= 11 is 3.46. The lowest BCUT2D eigenvalue weighted by Crippen LogP contribution is -2.39. The lowest BCUT2D eigenvalue weighted by molar-refractivity contribution is 0.506. The van der Waals surface area contributed by atoms with Gasteiger partial charge in [-0.25, -0.2) is 4.99 Å². The molecule has 27 heavy (non-hydrogen) atoms. The third-order valence-corrected chi connectivity index (χ3v) is 4.70. The van der Waals surface area contributed by atoms with E-state index in [2.05, 4.69) is 43.8 Å². The molecule has 0 saturated carbocycles. The maximum atomic E-state index is 5.38. The zero-order valence-corrected chi connectivity index (χ0v) is 16.9. The second-order valence-electron chi connectivity index (χ2n) is 6.17. The molecule has 0 saturated heterocycles. The maximum absolute atomic E-state index is 5.38. The van der Waals surface area contributed by atoms with Crippen LogP contribution < -0.4 is 10.6 Å².